The van der Waals surface area contributed by atoms with Crippen LogP contribution in [0.15, 0.2) is 91.0 Å². The smallest absolute Gasteiger partial charge is 0.322 e. The number of hydrogen-bond acceptors (Lipinski definition) is 4. The molecule has 0 amide bonds. The standard InChI is InChI=1S/C25H25NO4/c1-30-24(29)22(17-18-23(27)28)26-25(19-11-5-2-6-12-19,20-13-7-3-8-14-20)21-15-9-4-10-16-21/h2-16,22,26H,17-18H2,1H3,(H,27,28). The lowest BCUT2D eigenvalue weighted by Gasteiger charge is -2.39. The van der Waals surface area contributed by atoms with E-state index in [1.807, 2.05) is 91.0 Å². The SMILES string of the molecule is COC(=O)C(CCC(=O)O)NC(c1ccccc1)(c1ccccc1)c1ccccc1. The number of rotatable bonds is 9. The van der Waals surface area contributed by atoms with E-state index in [9.17, 15) is 14.7 Å². The summed E-state index contributed by atoms with van der Waals surface area (Å²) in [4.78, 5) is 23.8. The highest BCUT2D eigenvalue weighted by Gasteiger charge is 2.40. The maximum Gasteiger partial charge on any atom is 0.322 e. The van der Waals surface area contributed by atoms with Gasteiger partial charge in [-0.2, -0.15) is 0 Å². The molecule has 0 aliphatic rings. The molecule has 3 aromatic carbocycles. The van der Waals surface area contributed by atoms with E-state index < -0.39 is 23.5 Å². The van der Waals surface area contributed by atoms with Crippen LogP contribution in [-0.2, 0) is 19.9 Å². The number of carboxylic acid groups (broad SMARTS) is 1. The Balaban J connectivity index is 2.22. The van der Waals surface area contributed by atoms with Crippen molar-refractivity contribution >= 4 is 11.9 Å². The van der Waals surface area contributed by atoms with Crippen LogP contribution in [0.4, 0.5) is 0 Å². The van der Waals surface area contributed by atoms with E-state index in [1.54, 1.807) is 0 Å². The fraction of sp³-hybridized carbons (Fsp3) is 0.200. The summed E-state index contributed by atoms with van der Waals surface area (Å²) in [6.45, 7) is 0. The summed E-state index contributed by atoms with van der Waals surface area (Å²) in [5, 5.41) is 12.7. The first-order valence-corrected chi connectivity index (χ1v) is 9.82. The summed E-state index contributed by atoms with van der Waals surface area (Å²) in [6, 6.07) is 28.7. The van der Waals surface area contributed by atoms with Crippen LogP contribution < -0.4 is 5.32 Å². The van der Waals surface area contributed by atoms with Gasteiger partial charge in [-0.05, 0) is 23.1 Å². The molecule has 5 heteroatoms. The minimum Gasteiger partial charge on any atom is -0.481 e. The molecule has 1 atom stereocenters. The largest absolute Gasteiger partial charge is 0.481 e. The second kappa shape index (κ2) is 9.85. The zero-order chi connectivity index (χ0) is 21.4. The topological polar surface area (TPSA) is 75.6 Å². The summed E-state index contributed by atoms with van der Waals surface area (Å²) in [5.41, 5.74) is 1.94. The zero-order valence-electron chi connectivity index (χ0n) is 16.8. The van der Waals surface area contributed by atoms with Gasteiger partial charge in [0, 0.05) is 6.42 Å². The minimum absolute atomic E-state index is 0.107. The Labute approximate surface area is 176 Å². The molecule has 0 bridgehead atoms. The highest BCUT2D eigenvalue weighted by Crippen LogP contribution is 2.37. The van der Waals surface area contributed by atoms with E-state index in [-0.39, 0.29) is 12.8 Å². The van der Waals surface area contributed by atoms with Gasteiger partial charge in [-0.15, -0.1) is 0 Å². The Morgan fingerprint density at radius 1 is 0.833 bits per heavy atom. The number of hydrogen-bond donors (Lipinski definition) is 2. The Morgan fingerprint density at radius 3 is 1.57 bits per heavy atom. The second-order valence-corrected chi connectivity index (χ2v) is 7.00. The molecular weight excluding hydrogens is 378 g/mol. The molecule has 0 saturated heterocycles. The number of benzene rings is 3. The van der Waals surface area contributed by atoms with Crippen LogP contribution in [0.25, 0.3) is 0 Å². The van der Waals surface area contributed by atoms with Crippen molar-refractivity contribution < 1.29 is 19.4 Å². The number of aliphatic carboxylic acids is 1. The maximum absolute atomic E-state index is 12.6. The first-order valence-electron chi connectivity index (χ1n) is 9.82. The lowest BCUT2D eigenvalue weighted by atomic mass is 9.76. The van der Waals surface area contributed by atoms with Crippen molar-refractivity contribution in [2.24, 2.45) is 0 Å². The first kappa shape index (κ1) is 21.3. The molecule has 0 radical (unpaired) electrons. The van der Waals surface area contributed by atoms with Crippen LogP contribution in [0.3, 0.4) is 0 Å². The average molecular weight is 403 g/mol. The van der Waals surface area contributed by atoms with Crippen molar-refractivity contribution in [3.8, 4) is 0 Å². The molecule has 0 spiro atoms. The third-order valence-corrected chi connectivity index (χ3v) is 5.14. The van der Waals surface area contributed by atoms with Crippen LogP contribution in [0, 0.1) is 0 Å². The van der Waals surface area contributed by atoms with Crippen LogP contribution in [0.1, 0.15) is 29.5 Å². The summed E-state index contributed by atoms with van der Waals surface area (Å²) in [7, 11) is 1.31. The normalized spacial score (nSPS) is 12.2. The molecule has 0 fully saturated rings. The van der Waals surface area contributed by atoms with E-state index in [1.165, 1.54) is 7.11 Å². The molecule has 5 nitrogen and oxygen atoms in total. The van der Waals surface area contributed by atoms with Crippen molar-refractivity contribution in [3.63, 3.8) is 0 Å². The molecule has 0 heterocycles. The number of carboxylic acids is 1. The lowest BCUT2D eigenvalue weighted by molar-refractivity contribution is -0.144. The van der Waals surface area contributed by atoms with Gasteiger partial charge in [-0.25, -0.2) is 0 Å². The van der Waals surface area contributed by atoms with Gasteiger partial charge in [0.15, 0.2) is 0 Å². The average Bonchev–Trinajstić information content (AvgIpc) is 2.80. The molecule has 154 valence electrons. The van der Waals surface area contributed by atoms with Crippen LogP contribution >= 0.6 is 0 Å². The summed E-state index contributed by atoms with van der Waals surface area (Å²) in [6.07, 6.45) is -0.0442. The number of carbonyl (C=O) groups excluding carboxylic acids is 1. The second-order valence-electron chi connectivity index (χ2n) is 7.00. The molecule has 0 saturated carbocycles. The maximum atomic E-state index is 12.6. The van der Waals surface area contributed by atoms with E-state index in [0.717, 1.165) is 16.7 Å². The Hall–Kier alpha value is -3.44. The predicted molar refractivity (Wildman–Crippen MR) is 115 cm³/mol. The molecule has 0 aliphatic heterocycles. The molecule has 1 unspecified atom stereocenters. The number of nitrogens with one attached hydrogen (secondary N) is 1. The van der Waals surface area contributed by atoms with Crippen molar-refractivity contribution in [1.82, 2.24) is 5.32 Å². The molecular formula is C25H25NO4. The lowest BCUT2D eigenvalue weighted by Crippen LogP contribution is -2.53. The van der Waals surface area contributed by atoms with Gasteiger partial charge in [-0.3, -0.25) is 14.9 Å². The molecule has 3 aromatic rings. The predicted octanol–water partition coefficient (Wildman–Crippen LogP) is 3.97. The highest BCUT2D eigenvalue weighted by atomic mass is 16.5. The van der Waals surface area contributed by atoms with Gasteiger partial charge in [0.1, 0.15) is 6.04 Å². The van der Waals surface area contributed by atoms with Gasteiger partial charge in [0.05, 0.1) is 12.6 Å². The fourth-order valence-electron chi connectivity index (χ4n) is 3.73. The van der Waals surface area contributed by atoms with Gasteiger partial charge in [-0.1, -0.05) is 91.0 Å². The minimum atomic E-state index is -0.963. The third-order valence-electron chi connectivity index (χ3n) is 5.14. The number of methoxy groups -OCH3 is 1. The number of carbonyl (C=O) groups is 2. The Bertz CT molecular complexity index is 862. The number of ether oxygens (including phenoxy) is 1. The summed E-state index contributed by atoms with van der Waals surface area (Å²) < 4.78 is 5.00. The Morgan fingerprint density at radius 2 is 1.23 bits per heavy atom. The highest BCUT2D eigenvalue weighted by molar-refractivity contribution is 5.77. The van der Waals surface area contributed by atoms with Gasteiger partial charge in [0.25, 0.3) is 0 Å². The van der Waals surface area contributed by atoms with E-state index >= 15 is 0 Å². The molecule has 30 heavy (non-hydrogen) atoms. The molecule has 3 rings (SSSR count). The van der Waals surface area contributed by atoms with E-state index in [0.29, 0.717) is 0 Å². The summed E-state index contributed by atoms with van der Waals surface area (Å²) in [5.74, 6) is -1.46. The zero-order valence-corrected chi connectivity index (χ0v) is 16.8. The van der Waals surface area contributed by atoms with Crippen LogP contribution in [-0.4, -0.2) is 30.2 Å². The van der Waals surface area contributed by atoms with E-state index in [2.05, 4.69) is 5.32 Å². The van der Waals surface area contributed by atoms with Gasteiger partial charge >= 0.3 is 11.9 Å². The van der Waals surface area contributed by atoms with Crippen molar-refractivity contribution in [2.45, 2.75) is 24.4 Å². The van der Waals surface area contributed by atoms with Crippen molar-refractivity contribution in [2.75, 3.05) is 7.11 Å². The van der Waals surface area contributed by atoms with E-state index in [4.69, 9.17) is 4.74 Å². The van der Waals surface area contributed by atoms with Crippen LogP contribution in [0.2, 0.25) is 0 Å². The van der Waals surface area contributed by atoms with Gasteiger partial charge < -0.3 is 9.84 Å². The third kappa shape index (κ3) is 4.58. The fourth-order valence-corrected chi connectivity index (χ4v) is 3.73. The van der Waals surface area contributed by atoms with Gasteiger partial charge in [0.2, 0.25) is 0 Å². The molecule has 0 aliphatic carbocycles. The van der Waals surface area contributed by atoms with Crippen molar-refractivity contribution in [1.29, 1.82) is 0 Å². The van der Waals surface area contributed by atoms with Crippen LogP contribution in [0.5, 0.6) is 0 Å². The molecule has 0 aromatic heterocycles. The number of esters is 1. The summed E-state index contributed by atoms with van der Waals surface area (Å²) >= 11 is 0. The Kier molecular flexibility index (Phi) is 6.99. The monoisotopic (exact) mass is 403 g/mol. The molecule has 2 N–H and O–H groups in total. The van der Waals surface area contributed by atoms with Crippen molar-refractivity contribution in [3.05, 3.63) is 108 Å². The quantitative estimate of drug-likeness (QED) is 0.418. The first-order chi connectivity index (χ1) is 14.6.